The van der Waals surface area contributed by atoms with Crippen LogP contribution in [0.4, 0.5) is 0 Å². The number of methoxy groups -OCH3 is 1. The molecule has 2 amide bonds. The Kier molecular flexibility index (Phi) is 12.1. The number of rotatable bonds is 16. The van der Waals surface area contributed by atoms with Crippen LogP contribution in [-0.4, -0.2) is 123 Å². The zero-order chi connectivity index (χ0) is 30.1. The first-order valence-corrected chi connectivity index (χ1v) is 14.7. The van der Waals surface area contributed by atoms with Gasteiger partial charge in [-0.15, -0.1) is 0 Å². The Morgan fingerprint density at radius 1 is 1.05 bits per heavy atom. The Balaban J connectivity index is 1.88. The Bertz CT molecular complexity index is 1050. The number of aliphatic carboxylic acids is 1. The minimum Gasteiger partial charge on any atom is -0.493 e. The number of hydrogen-bond donors (Lipinski definition) is 1. The summed E-state index contributed by atoms with van der Waals surface area (Å²) in [7, 11) is 7.34. The molecule has 41 heavy (non-hydrogen) atoms. The van der Waals surface area contributed by atoms with Gasteiger partial charge in [0.25, 0.3) is 0 Å². The van der Waals surface area contributed by atoms with E-state index in [1.807, 2.05) is 36.0 Å². The maximum atomic E-state index is 13.7. The van der Waals surface area contributed by atoms with Crippen LogP contribution in [-0.2, 0) is 14.4 Å². The van der Waals surface area contributed by atoms with Gasteiger partial charge in [0.15, 0.2) is 11.5 Å². The van der Waals surface area contributed by atoms with Gasteiger partial charge in [0.1, 0.15) is 0 Å². The van der Waals surface area contributed by atoms with Crippen molar-refractivity contribution in [1.82, 2.24) is 19.6 Å². The van der Waals surface area contributed by atoms with E-state index in [2.05, 4.69) is 11.8 Å². The summed E-state index contributed by atoms with van der Waals surface area (Å²) in [6, 6.07) is 3.21. The van der Waals surface area contributed by atoms with Gasteiger partial charge in [-0.3, -0.25) is 19.3 Å². The van der Waals surface area contributed by atoms with E-state index in [1.54, 1.807) is 19.1 Å². The minimum absolute atomic E-state index is 0.0151. The van der Waals surface area contributed by atoms with Crippen LogP contribution in [0.15, 0.2) is 12.1 Å². The molecule has 0 radical (unpaired) electrons. The zero-order valence-electron chi connectivity index (χ0n) is 25.6. The van der Waals surface area contributed by atoms with Crippen molar-refractivity contribution in [2.24, 2.45) is 5.92 Å². The molecular formula is C30H48N4O7. The van der Waals surface area contributed by atoms with Crippen LogP contribution in [0.5, 0.6) is 17.2 Å². The van der Waals surface area contributed by atoms with Crippen LogP contribution in [0.3, 0.4) is 0 Å². The number of carboxylic acids is 1. The Morgan fingerprint density at radius 3 is 2.39 bits per heavy atom. The van der Waals surface area contributed by atoms with Gasteiger partial charge >= 0.3 is 5.97 Å². The van der Waals surface area contributed by atoms with Gasteiger partial charge in [0, 0.05) is 52.1 Å². The highest BCUT2D eigenvalue weighted by Crippen LogP contribution is 2.47. The van der Waals surface area contributed by atoms with Gasteiger partial charge in [0.2, 0.25) is 24.4 Å². The SMILES string of the molecule is CCCCN(CCCCN(C)C)C(=O)CN1C[C@H](c2cc(OC)c3c(c2)OCO3)[C@@H](C(=O)O)[C@@H]1CCN(C)C(C)=O. The van der Waals surface area contributed by atoms with Gasteiger partial charge in [-0.05, 0) is 64.0 Å². The Labute approximate surface area is 244 Å². The van der Waals surface area contributed by atoms with Crippen molar-refractivity contribution in [2.45, 2.75) is 57.9 Å². The summed E-state index contributed by atoms with van der Waals surface area (Å²) < 4.78 is 16.7. The largest absolute Gasteiger partial charge is 0.493 e. The number of unbranched alkanes of at least 4 members (excludes halogenated alkanes) is 2. The summed E-state index contributed by atoms with van der Waals surface area (Å²) in [5.74, 6) is -0.659. The summed E-state index contributed by atoms with van der Waals surface area (Å²) in [6.07, 6.45) is 4.26. The lowest BCUT2D eigenvalue weighted by Crippen LogP contribution is -2.45. The minimum atomic E-state index is -0.927. The molecule has 11 nitrogen and oxygen atoms in total. The van der Waals surface area contributed by atoms with E-state index >= 15 is 0 Å². The van der Waals surface area contributed by atoms with Crippen LogP contribution in [0.1, 0.15) is 57.4 Å². The van der Waals surface area contributed by atoms with Crippen molar-refractivity contribution in [3.8, 4) is 17.2 Å². The summed E-state index contributed by atoms with van der Waals surface area (Å²) in [6.45, 7) is 6.94. The number of carbonyl (C=O) groups is 3. The van der Waals surface area contributed by atoms with Crippen LogP contribution in [0, 0.1) is 5.92 Å². The number of ether oxygens (including phenoxy) is 3. The lowest BCUT2D eigenvalue weighted by molar-refractivity contribution is -0.144. The molecule has 11 heteroatoms. The van der Waals surface area contributed by atoms with Gasteiger partial charge in [-0.2, -0.15) is 0 Å². The summed E-state index contributed by atoms with van der Waals surface area (Å²) in [4.78, 5) is 46.1. The highest BCUT2D eigenvalue weighted by molar-refractivity contribution is 5.79. The van der Waals surface area contributed by atoms with Crippen molar-refractivity contribution < 1.29 is 33.7 Å². The third kappa shape index (κ3) is 8.48. The molecular weight excluding hydrogens is 528 g/mol. The molecule has 1 saturated heterocycles. The molecule has 0 aromatic heterocycles. The predicted molar refractivity (Wildman–Crippen MR) is 156 cm³/mol. The van der Waals surface area contributed by atoms with Crippen molar-refractivity contribution in [3.05, 3.63) is 17.7 Å². The van der Waals surface area contributed by atoms with Crippen molar-refractivity contribution in [3.63, 3.8) is 0 Å². The molecule has 0 aliphatic carbocycles. The fourth-order valence-corrected chi connectivity index (χ4v) is 5.75. The average molecular weight is 577 g/mol. The standard InChI is InChI=1S/C30H48N4O7/c1-7-8-13-33(14-10-9-12-31(3)4)27(36)19-34-18-23(22-16-25(39-6)29-26(17-22)40-20-41-29)28(30(37)38)24(34)11-15-32(5)21(2)35/h16-17,23-24,28H,7-15,18-20H2,1-6H3,(H,37,38)/t23-,24+,28-/m1/s1. The molecule has 0 spiro atoms. The highest BCUT2D eigenvalue weighted by atomic mass is 16.7. The van der Waals surface area contributed by atoms with Crippen LogP contribution < -0.4 is 14.2 Å². The molecule has 2 aliphatic rings. The van der Waals surface area contributed by atoms with E-state index < -0.39 is 23.8 Å². The number of amides is 2. The molecule has 1 N–H and O–H groups in total. The molecule has 1 fully saturated rings. The van der Waals surface area contributed by atoms with E-state index in [0.717, 1.165) is 37.8 Å². The maximum Gasteiger partial charge on any atom is 0.308 e. The maximum absolute atomic E-state index is 13.7. The van der Waals surface area contributed by atoms with Gasteiger partial charge in [-0.1, -0.05) is 13.3 Å². The summed E-state index contributed by atoms with van der Waals surface area (Å²) in [5.41, 5.74) is 0.768. The fourth-order valence-electron chi connectivity index (χ4n) is 5.75. The number of likely N-dealkylation sites (tertiary alicyclic amines) is 1. The number of carbonyl (C=O) groups excluding carboxylic acids is 2. The number of hydrogen-bond acceptors (Lipinski definition) is 8. The smallest absolute Gasteiger partial charge is 0.308 e. The Hall–Kier alpha value is -3.05. The molecule has 3 rings (SSSR count). The second-order valence-corrected chi connectivity index (χ2v) is 11.4. The number of fused-ring (bicyclic) bond motifs is 1. The molecule has 3 atom stereocenters. The molecule has 2 heterocycles. The molecule has 0 saturated carbocycles. The first-order chi connectivity index (χ1) is 19.6. The van der Waals surface area contributed by atoms with Crippen molar-refractivity contribution in [2.75, 3.05) is 74.3 Å². The molecule has 0 bridgehead atoms. The second-order valence-electron chi connectivity index (χ2n) is 11.4. The first-order valence-electron chi connectivity index (χ1n) is 14.7. The Morgan fingerprint density at radius 2 is 1.76 bits per heavy atom. The third-order valence-electron chi connectivity index (χ3n) is 8.20. The lowest BCUT2D eigenvalue weighted by Gasteiger charge is -2.30. The van der Waals surface area contributed by atoms with E-state index in [1.165, 1.54) is 6.92 Å². The second kappa shape index (κ2) is 15.3. The van der Waals surface area contributed by atoms with Crippen molar-refractivity contribution in [1.29, 1.82) is 0 Å². The summed E-state index contributed by atoms with van der Waals surface area (Å²) >= 11 is 0. The predicted octanol–water partition coefficient (Wildman–Crippen LogP) is 2.73. The molecule has 1 aromatic carbocycles. The fraction of sp³-hybridized carbons (Fsp3) is 0.700. The highest BCUT2D eigenvalue weighted by Gasteiger charge is 2.47. The van der Waals surface area contributed by atoms with Gasteiger partial charge < -0.3 is 34.0 Å². The lowest BCUT2D eigenvalue weighted by atomic mass is 9.84. The number of nitrogens with zero attached hydrogens (tertiary/aromatic N) is 4. The van der Waals surface area contributed by atoms with E-state index in [9.17, 15) is 19.5 Å². The van der Waals surface area contributed by atoms with Gasteiger partial charge in [-0.25, -0.2) is 0 Å². The van der Waals surface area contributed by atoms with E-state index in [0.29, 0.717) is 49.8 Å². The number of carboxylic acid groups (broad SMARTS) is 1. The molecule has 0 unspecified atom stereocenters. The quantitative estimate of drug-likeness (QED) is 0.297. The molecule has 230 valence electrons. The first kappa shape index (κ1) is 32.5. The number of benzene rings is 1. The molecule has 1 aromatic rings. The van der Waals surface area contributed by atoms with E-state index in [-0.39, 0.29) is 25.2 Å². The molecule has 2 aliphatic heterocycles. The monoisotopic (exact) mass is 576 g/mol. The normalized spacial score (nSPS) is 19.9. The van der Waals surface area contributed by atoms with Crippen molar-refractivity contribution >= 4 is 17.8 Å². The van der Waals surface area contributed by atoms with E-state index in [4.69, 9.17) is 14.2 Å². The van der Waals surface area contributed by atoms with Crippen LogP contribution >= 0.6 is 0 Å². The zero-order valence-corrected chi connectivity index (χ0v) is 25.6. The average Bonchev–Trinajstić information content (AvgIpc) is 3.55. The topological polar surface area (TPSA) is 112 Å². The summed E-state index contributed by atoms with van der Waals surface area (Å²) in [5, 5.41) is 10.5. The van der Waals surface area contributed by atoms with Crippen LogP contribution in [0.2, 0.25) is 0 Å². The third-order valence-corrected chi connectivity index (χ3v) is 8.20. The van der Waals surface area contributed by atoms with Gasteiger partial charge in [0.05, 0.1) is 19.6 Å². The van der Waals surface area contributed by atoms with Crippen LogP contribution in [0.25, 0.3) is 0 Å².